The lowest BCUT2D eigenvalue weighted by Crippen LogP contribution is -2.21. The van der Waals surface area contributed by atoms with E-state index in [1.807, 2.05) is 6.08 Å². The molecule has 0 aromatic carbocycles. The number of hydrogen-bond donors (Lipinski definition) is 1. The van der Waals surface area contributed by atoms with Crippen LogP contribution in [-0.4, -0.2) is 6.04 Å². The molecule has 1 heteroatoms. The second-order valence-corrected chi connectivity index (χ2v) is 3.07. The van der Waals surface area contributed by atoms with Crippen LogP contribution in [-0.2, 0) is 0 Å². The molecule has 1 nitrogen and oxygen atoms in total. The third-order valence-electron chi connectivity index (χ3n) is 2.16. The summed E-state index contributed by atoms with van der Waals surface area (Å²) in [6, 6.07) is 0.387. The van der Waals surface area contributed by atoms with Gasteiger partial charge in [0.15, 0.2) is 0 Å². The Morgan fingerprint density at radius 3 is 2.78 bits per heavy atom. The Bertz CT molecular complexity index is 109. The van der Waals surface area contributed by atoms with Crippen molar-refractivity contribution in [2.24, 2.45) is 17.6 Å². The van der Waals surface area contributed by atoms with Gasteiger partial charge in [-0.2, -0.15) is 0 Å². The molecule has 1 rings (SSSR count). The highest BCUT2D eigenvalue weighted by atomic mass is 14.7. The molecule has 0 aromatic heterocycles. The molecule has 0 heterocycles. The smallest absolute Gasteiger partial charge is 0.0104 e. The van der Waals surface area contributed by atoms with E-state index in [0.717, 1.165) is 18.3 Å². The number of rotatable bonds is 3. The summed E-state index contributed by atoms with van der Waals surface area (Å²) in [5.41, 5.74) is 5.81. The normalized spacial score (nSPS) is 35.8. The van der Waals surface area contributed by atoms with E-state index in [1.165, 1.54) is 6.42 Å². The summed E-state index contributed by atoms with van der Waals surface area (Å²) in [5, 5.41) is 0. The highest BCUT2D eigenvalue weighted by Crippen LogP contribution is 2.40. The Morgan fingerprint density at radius 1 is 1.89 bits per heavy atom. The molecule has 1 aliphatic carbocycles. The highest BCUT2D eigenvalue weighted by molar-refractivity contribution is 4.93. The molecular formula is C8H15N. The van der Waals surface area contributed by atoms with Crippen molar-refractivity contribution < 1.29 is 0 Å². The first-order chi connectivity index (χ1) is 4.25. The lowest BCUT2D eigenvalue weighted by Gasteiger charge is -2.05. The van der Waals surface area contributed by atoms with Crippen molar-refractivity contribution in [1.82, 2.24) is 0 Å². The molecule has 3 unspecified atom stereocenters. The second kappa shape index (κ2) is 2.53. The lowest BCUT2D eigenvalue weighted by molar-refractivity contribution is 0.569. The largest absolute Gasteiger partial charge is 0.327 e. The second-order valence-electron chi connectivity index (χ2n) is 3.07. The van der Waals surface area contributed by atoms with Crippen LogP contribution in [0.5, 0.6) is 0 Å². The Morgan fingerprint density at radius 2 is 2.44 bits per heavy atom. The topological polar surface area (TPSA) is 26.0 Å². The van der Waals surface area contributed by atoms with Gasteiger partial charge < -0.3 is 5.73 Å². The van der Waals surface area contributed by atoms with E-state index in [2.05, 4.69) is 13.5 Å². The molecule has 0 amide bonds. The van der Waals surface area contributed by atoms with Crippen LogP contribution in [0.15, 0.2) is 12.7 Å². The molecule has 9 heavy (non-hydrogen) atoms. The molecule has 0 saturated heterocycles. The minimum Gasteiger partial charge on any atom is -0.327 e. The van der Waals surface area contributed by atoms with Crippen molar-refractivity contribution in [3.8, 4) is 0 Å². The fraction of sp³-hybridized carbons (Fsp3) is 0.750. The summed E-state index contributed by atoms with van der Waals surface area (Å²) >= 11 is 0. The fourth-order valence-corrected chi connectivity index (χ4v) is 1.31. The van der Waals surface area contributed by atoms with Gasteiger partial charge in [-0.05, 0) is 24.7 Å². The van der Waals surface area contributed by atoms with Gasteiger partial charge in [0, 0.05) is 6.04 Å². The average Bonchev–Trinajstić information content (AvgIpc) is 2.47. The van der Waals surface area contributed by atoms with Gasteiger partial charge in [0.1, 0.15) is 0 Å². The summed E-state index contributed by atoms with van der Waals surface area (Å²) in [6.07, 6.45) is 4.22. The zero-order valence-corrected chi connectivity index (χ0v) is 6.01. The summed E-state index contributed by atoms with van der Waals surface area (Å²) in [7, 11) is 0. The van der Waals surface area contributed by atoms with Crippen LogP contribution in [0.4, 0.5) is 0 Å². The molecule has 0 spiro atoms. The van der Waals surface area contributed by atoms with Crippen molar-refractivity contribution in [2.45, 2.75) is 25.8 Å². The predicted octanol–water partition coefficient (Wildman–Crippen LogP) is 1.55. The first kappa shape index (κ1) is 6.81. The van der Waals surface area contributed by atoms with Crippen molar-refractivity contribution in [2.75, 3.05) is 0 Å². The van der Waals surface area contributed by atoms with Crippen LogP contribution in [0.3, 0.4) is 0 Å². The molecule has 1 saturated carbocycles. The van der Waals surface area contributed by atoms with Crippen LogP contribution >= 0.6 is 0 Å². The first-order valence-electron chi connectivity index (χ1n) is 3.62. The van der Waals surface area contributed by atoms with E-state index in [9.17, 15) is 0 Å². The Kier molecular flexibility index (Phi) is 1.91. The molecule has 0 bridgehead atoms. The number of hydrogen-bond acceptors (Lipinski definition) is 1. The number of nitrogens with two attached hydrogens (primary N) is 1. The maximum Gasteiger partial charge on any atom is 0.0104 e. The van der Waals surface area contributed by atoms with Gasteiger partial charge in [-0.3, -0.25) is 0 Å². The van der Waals surface area contributed by atoms with Crippen molar-refractivity contribution >= 4 is 0 Å². The van der Waals surface area contributed by atoms with Crippen molar-refractivity contribution in [1.29, 1.82) is 0 Å². The maximum atomic E-state index is 5.81. The third-order valence-corrected chi connectivity index (χ3v) is 2.16. The van der Waals surface area contributed by atoms with Crippen LogP contribution in [0, 0.1) is 11.8 Å². The predicted molar refractivity (Wildman–Crippen MR) is 40.1 cm³/mol. The maximum absolute atomic E-state index is 5.81. The monoisotopic (exact) mass is 125 g/mol. The Balaban J connectivity index is 2.18. The molecular weight excluding hydrogens is 110 g/mol. The van der Waals surface area contributed by atoms with E-state index < -0.39 is 0 Å². The molecule has 3 atom stereocenters. The zero-order valence-electron chi connectivity index (χ0n) is 6.01. The minimum absolute atomic E-state index is 0.387. The van der Waals surface area contributed by atoms with Crippen LogP contribution < -0.4 is 5.73 Å². The third kappa shape index (κ3) is 1.55. The molecule has 2 N–H and O–H groups in total. The molecule has 1 fully saturated rings. The van der Waals surface area contributed by atoms with Gasteiger partial charge in [0.05, 0.1) is 0 Å². The molecule has 52 valence electrons. The minimum atomic E-state index is 0.387. The summed E-state index contributed by atoms with van der Waals surface area (Å²) in [4.78, 5) is 0. The van der Waals surface area contributed by atoms with E-state index in [0.29, 0.717) is 6.04 Å². The molecule has 1 aliphatic rings. The van der Waals surface area contributed by atoms with Gasteiger partial charge in [-0.15, -0.1) is 6.58 Å². The van der Waals surface area contributed by atoms with Crippen molar-refractivity contribution in [3.63, 3.8) is 0 Å². The average molecular weight is 125 g/mol. The van der Waals surface area contributed by atoms with Gasteiger partial charge in [-0.25, -0.2) is 0 Å². The molecule has 0 aliphatic heterocycles. The molecule has 0 aromatic rings. The Labute approximate surface area is 56.9 Å². The van der Waals surface area contributed by atoms with Gasteiger partial charge in [0.25, 0.3) is 0 Å². The fourth-order valence-electron chi connectivity index (χ4n) is 1.31. The van der Waals surface area contributed by atoms with E-state index in [4.69, 9.17) is 5.73 Å². The van der Waals surface area contributed by atoms with E-state index in [-0.39, 0.29) is 0 Å². The summed E-state index contributed by atoms with van der Waals surface area (Å²) in [6.45, 7) is 5.91. The first-order valence-corrected chi connectivity index (χ1v) is 3.62. The van der Waals surface area contributed by atoms with E-state index in [1.54, 1.807) is 0 Å². The van der Waals surface area contributed by atoms with Gasteiger partial charge in [-0.1, -0.05) is 13.0 Å². The van der Waals surface area contributed by atoms with Gasteiger partial charge >= 0.3 is 0 Å². The quantitative estimate of drug-likeness (QED) is 0.569. The van der Waals surface area contributed by atoms with Crippen LogP contribution in [0.1, 0.15) is 19.8 Å². The standard InChI is InChI=1S/C8H15N/c1-3-4-8(9)7-5-6(7)2/h3,6-8H,1,4-5,9H2,2H3. The Hall–Kier alpha value is -0.300. The zero-order chi connectivity index (χ0) is 6.85. The molecule has 0 radical (unpaired) electrons. The van der Waals surface area contributed by atoms with Crippen LogP contribution in [0.25, 0.3) is 0 Å². The summed E-state index contributed by atoms with van der Waals surface area (Å²) in [5.74, 6) is 1.67. The van der Waals surface area contributed by atoms with E-state index >= 15 is 0 Å². The lowest BCUT2D eigenvalue weighted by atomic mass is 10.1. The van der Waals surface area contributed by atoms with Crippen molar-refractivity contribution in [3.05, 3.63) is 12.7 Å². The van der Waals surface area contributed by atoms with Crippen LogP contribution in [0.2, 0.25) is 0 Å². The highest BCUT2D eigenvalue weighted by Gasteiger charge is 2.36. The SMILES string of the molecule is C=CCC(N)C1CC1C. The summed E-state index contributed by atoms with van der Waals surface area (Å²) < 4.78 is 0. The van der Waals surface area contributed by atoms with Gasteiger partial charge in [0.2, 0.25) is 0 Å².